The Bertz CT molecular complexity index is 401. The monoisotopic (exact) mass is 236 g/mol. The van der Waals surface area contributed by atoms with E-state index in [-0.39, 0.29) is 6.61 Å². The van der Waals surface area contributed by atoms with Crippen molar-refractivity contribution in [3.8, 4) is 0 Å². The highest BCUT2D eigenvalue weighted by Gasteiger charge is 2.23. The third-order valence-corrected chi connectivity index (χ3v) is 2.33. The third kappa shape index (κ3) is 3.21. The van der Waals surface area contributed by atoms with Crippen molar-refractivity contribution >= 4 is 12.1 Å². The molecule has 0 amide bonds. The van der Waals surface area contributed by atoms with Crippen molar-refractivity contribution in [2.75, 3.05) is 13.2 Å². The minimum Gasteiger partial charge on any atom is -0.458 e. The van der Waals surface area contributed by atoms with Crippen LogP contribution in [-0.4, -0.2) is 31.4 Å². The van der Waals surface area contributed by atoms with Crippen LogP contribution in [0.15, 0.2) is 30.3 Å². The van der Waals surface area contributed by atoms with E-state index in [4.69, 9.17) is 9.47 Å². The molecule has 0 bridgehead atoms. The predicted molar refractivity (Wildman–Crippen MR) is 57.6 cm³/mol. The first kappa shape index (κ1) is 11.4. The van der Waals surface area contributed by atoms with E-state index in [0.29, 0.717) is 18.6 Å². The topological polar surface area (TPSA) is 61.8 Å². The second kappa shape index (κ2) is 5.34. The summed E-state index contributed by atoms with van der Waals surface area (Å²) in [5.41, 5.74) is 0.478. The van der Waals surface area contributed by atoms with Crippen LogP contribution in [0.4, 0.5) is 4.79 Å². The molecular formula is C12H12O5. The van der Waals surface area contributed by atoms with E-state index in [1.807, 2.05) is 6.07 Å². The van der Waals surface area contributed by atoms with E-state index in [0.717, 1.165) is 0 Å². The van der Waals surface area contributed by atoms with Crippen LogP contribution in [0.5, 0.6) is 0 Å². The highest BCUT2D eigenvalue weighted by molar-refractivity contribution is 5.89. The molecule has 1 aromatic rings. The Balaban J connectivity index is 1.82. The van der Waals surface area contributed by atoms with Gasteiger partial charge in [0.05, 0.1) is 12.2 Å². The van der Waals surface area contributed by atoms with E-state index in [1.165, 1.54) is 0 Å². The molecule has 1 unspecified atom stereocenters. The molecule has 1 aliphatic heterocycles. The molecule has 0 spiro atoms. The molecule has 0 aromatic heterocycles. The van der Waals surface area contributed by atoms with Gasteiger partial charge in [-0.15, -0.1) is 0 Å². The first-order valence-corrected chi connectivity index (χ1v) is 5.31. The Morgan fingerprint density at radius 3 is 2.82 bits per heavy atom. The number of esters is 1. The zero-order valence-electron chi connectivity index (χ0n) is 9.13. The molecule has 2 rings (SSSR count). The number of benzene rings is 1. The molecule has 0 N–H and O–H groups in total. The van der Waals surface area contributed by atoms with Crippen LogP contribution in [0.25, 0.3) is 0 Å². The van der Waals surface area contributed by atoms with E-state index in [1.54, 1.807) is 24.3 Å². The molecule has 1 atom stereocenters. The Morgan fingerprint density at radius 1 is 1.35 bits per heavy atom. The maximum Gasteiger partial charge on any atom is 0.508 e. The van der Waals surface area contributed by atoms with E-state index in [9.17, 15) is 9.59 Å². The molecule has 90 valence electrons. The summed E-state index contributed by atoms with van der Waals surface area (Å²) in [6.07, 6.45) is -0.589. The Kier molecular flexibility index (Phi) is 3.59. The van der Waals surface area contributed by atoms with Crippen molar-refractivity contribution in [2.24, 2.45) is 0 Å². The largest absolute Gasteiger partial charge is 0.508 e. The van der Waals surface area contributed by atoms with Gasteiger partial charge in [-0.05, 0) is 12.1 Å². The third-order valence-electron chi connectivity index (χ3n) is 2.33. The highest BCUT2D eigenvalue weighted by Crippen LogP contribution is 2.10. The second-order valence-electron chi connectivity index (χ2n) is 3.59. The van der Waals surface area contributed by atoms with Gasteiger partial charge in [0, 0.05) is 6.42 Å². The van der Waals surface area contributed by atoms with Crippen LogP contribution < -0.4 is 0 Å². The molecule has 5 heteroatoms. The van der Waals surface area contributed by atoms with Gasteiger partial charge >= 0.3 is 12.1 Å². The van der Waals surface area contributed by atoms with Gasteiger partial charge in [0.2, 0.25) is 0 Å². The summed E-state index contributed by atoms with van der Waals surface area (Å²) >= 11 is 0. The van der Waals surface area contributed by atoms with Gasteiger partial charge in [0.15, 0.2) is 0 Å². The standard InChI is InChI=1S/C12H12O5/c13-11(9-4-2-1-3-5-9)16-8-10-6-7-15-12(14)17-10/h1-5,10H,6-8H2. The van der Waals surface area contributed by atoms with Gasteiger partial charge in [0.25, 0.3) is 0 Å². The Hall–Kier alpha value is -2.04. The molecule has 17 heavy (non-hydrogen) atoms. The summed E-state index contributed by atoms with van der Waals surface area (Å²) in [5, 5.41) is 0. The van der Waals surface area contributed by atoms with Crippen LogP contribution >= 0.6 is 0 Å². The van der Waals surface area contributed by atoms with Gasteiger partial charge in [0.1, 0.15) is 12.7 Å². The fraction of sp³-hybridized carbons (Fsp3) is 0.333. The maximum absolute atomic E-state index is 11.6. The summed E-state index contributed by atoms with van der Waals surface area (Å²) in [4.78, 5) is 22.4. The number of hydrogen-bond acceptors (Lipinski definition) is 5. The molecule has 1 saturated heterocycles. The molecule has 1 heterocycles. The lowest BCUT2D eigenvalue weighted by atomic mass is 10.2. The van der Waals surface area contributed by atoms with Gasteiger partial charge < -0.3 is 14.2 Å². The van der Waals surface area contributed by atoms with Crippen molar-refractivity contribution in [1.29, 1.82) is 0 Å². The zero-order valence-corrected chi connectivity index (χ0v) is 9.13. The maximum atomic E-state index is 11.6. The van der Waals surface area contributed by atoms with E-state index >= 15 is 0 Å². The number of ether oxygens (including phenoxy) is 3. The van der Waals surface area contributed by atoms with Crippen molar-refractivity contribution in [3.05, 3.63) is 35.9 Å². The number of carbonyl (C=O) groups excluding carboxylic acids is 2. The molecule has 5 nitrogen and oxygen atoms in total. The van der Waals surface area contributed by atoms with Crippen molar-refractivity contribution < 1.29 is 23.8 Å². The highest BCUT2D eigenvalue weighted by atomic mass is 16.7. The molecule has 0 saturated carbocycles. The Labute approximate surface area is 98.3 Å². The summed E-state index contributed by atoms with van der Waals surface area (Å²) in [7, 11) is 0. The lowest BCUT2D eigenvalue weighted by molar-refractivity contribution is -0.0474. The number of carbonyl (C=O) groups is 2. The molecule has 1 aromatic carbocycles. The van der Waals surface area contributed by atoms with Crippen LogP contribution in [-0.2, 0) is 14.2 Å². The molecular weight excluding hydrogens is 224 g/mol. The minimum absolute atomic E-state index is 0.0584. The molecule has 0 radical (unpaired) electrons. The summed E-state index contributed by atoms with van der Waals surface area (Å²) < 4.78 is 14.5. The van der Waals surface area contributed by atoms with Crippen LogP contribution in [0.2, 0.25) is 0 Å². The molecule has 1 fully saturated rings. The van der Waals surface area contributed by atoms with E-state index in [2.05, 4.69) is 4.74 Å². The number of cyclic esters (lactones) is 2. The van der Waals surface area contributed by atoms with Crippen LogP contribution in [0.1, 0.15) is 16.8 Å². The molecule has 1 aliphatic rings. The summed E-state index contributed by atoms with van der Waals surface area (Å²) in [5.74, 6) is -0.423. The smallest absolute Gasteiger partial charge is 0.458 e. The summed E-state index contributed by atoms with van der Waals surface area (Å²) in [6, 6.07) is 8.66. The van der Waals surface area contributed by atoms with Gasteiger partial charge in [-0.2, -0.15) is 0 Å². The van der Waals surface area contributed by atoms with Gasteiger partial charge in [-0.25, -0.2) is 9.59 Å². The van der Waals surface area contributed by atoms with Crippen molar-refractivity contribution in [2.45, 2.75) is 12.5 Å². The molecule has 0 aliphatic carbocycles. The Morgan fingerprint density at radius 2 is 2.12 bits per heavy atom. The summed E-state index contributed by atoms with van der Waals surface area (Å²) in [6.45, 7) is 0.356. The zero-order chi connectivity index (χ0) is 12.1. The second-order valence-corrected chi connectivity index (χ2v) is 3.59. The SMILES string of the molecule is O=C1OCCC(COC(=O)c2ccccc2)O1. The van der Waals surface area contributed by atoms with Gasteiger partial charge in [-0.3, -0.25) is 0 Å². The quantitative estimate of drug-likeness (QED) is 0.748. The first-order chi connectivity index (χ1) is 8.25. The first-order valence-electron chi connectivity index (χ1n) is 5.31. The van der Waals surface area contributed by atoms with Crippen LogP contribution in [0, 0.1) is 0 Å². The minimum atomic E-state index is -0.711. The number of hydrogen-bond donors (Lipinski definition) is 0. The van der Waals surface area contributed by atoms with Gasteiger partial charge in [-0.1, -0.05) is 18.2 Å². The van der Waals surface area contributed by atoms with Crippen LogP contribution in [0.3, 0.4) is 0 Å². The van der Waals surface area contributed by atoms with E-state index < -0.39 is 18.2 Å². The fourth-order valence-corrected chi connectivity index (χ4v) is 1.45. The lowest BCUT2D eigenvalue weighted by Gasteiger charge is -2.21. The number of rotatable bonds is 3. The lowest BCUT2D eigenvalue weighted by Crippen LogP contribution is -2.31. The average molecular weight is 236 g/mol. The normalized spacial score (nSPS) is 19.1. The fourth-order valence-electron chi connectivity index (χ4n) is 1.45. The predicted octanol–water partition coefficient (Wildman–Crippen LogP) is 1.77. The van der Waals surface area contributed by atoms with Crippen molar-refractivity contribution in [3.63, 3.8) is 0 Å². The van der Waals surface area contributed by atoms with Crippen molar-refractivity contribution in [1.82, 2.24) is 0 Å². The average Bonchev–Trinajstić information content (AvgIpc) is 2.37.